The summed E-state index contributed by atoms with van der Waals surface area (Å²) in [6, 6.07) is 5.86. The van der Waals surface area contributed by atoms with E-state index in [-0.39, 0.29) is 30.4 Å². The highest BCUT2D eigenvalue weighted by Gasteiger charge is 2.14. The topological polar surface area (TPSA) is 89.8 Å². The number of esters is 1. The number of hydrogen-bond donors (Lipinski definition) is 0. The first-order valence-corrected chi connectivity index (χ1v) is 6.55. The van der Waals surface area contributed by atoms with Crippen LogP contribution in [0.4, 0.5) is 5.69 Å². The number of rotatable bonds is 7. The molecule has 0 aliphatic rings. The maximum absolute atomic E-state index is 12.1. The molecule has 0 spiro atoms. The lowest BCUT2D eigenvalue weighted by Crippen LogP contribution is -2.34. The van der Waals surface area contributed by atoms with E-state index in [2.05, 4.69) is 4.74 Å². The normalized spacial score (nSPS) is 10.0. The van der Waals surface area contributed by atoms with E-state index < -0.39 is 4.92 Å². The fraction of sp³-hybridized carbons (Fsp3) is 0.429. The van der Waals surface area contributed by atoms with Crippen LogP contribution in [0, 0.1) is 10.1 Å². The summed E-state index contributed by atoms with van der Waals surface area (Å²) < 4.78 is 4.54. The molecule has 0 unspecified atom stereocenters. The second-order valence-electron chi connectivity index (χ2n) is 4.40. The molecule has 7 heteroatoms. The number of nitro groups is 1. The van der Waals surface area contributed by atoms with Crippen LogP contribution in [0.15, 0.2) is 24.3 Å². The van der Waals surface area contributed by atoms with Gasteiger partial charge in [-0.15, -0.1) is 0 Å². The van der Waals surface area contributed by atoms with Crippen molar-refractivity contribution in [3.8, 4) is 0 Å². The zero-order valence-electron chi connectivity index (χ0n) is 12.1. The Balaban J connectivity index is 2.60. The Hall–Kier alpha value is -2.44. The fourth-order valence-corrected chi connectivity index (χ4v) is 1.81. The molecule has 114 valence electrons. The quantitative estimate of drug-likeness (QED) is 0.432. The Morgan fingerprint density at radius 2 is 1.90 bits per heavy atom. The molecule has 0 N–H and O–H groups in total. The number of non-ortho nitro benzene ring substituents is 1. The van der Waals surface area contributed by atoms with Crippen molar-refractivity contribution >= 4 is 17.6 Å². The van der Waals surface area contributed by atoms with Crippen molar-refractivity contribution in [2.75, 3.05) is 20.2 Å². The van der Waals surface area contributed by atoms with Crippen LogP contribution in [0.2, 0.25) is 0 Å². The third-order valence-corrected chi connectivity index (χ3v) is 3.05. The third-order valence-electron chi connectivity index (χ3n) is 3.05. The molecular formula is C14H18N2O5. The zero-order chi connectivity index (χ0) is 15.8. The number of ether oxygens (including phenoxy) is 1. The average molecular weight is 294 g/mol. The van der Waals surface area contributed by atoms with Crippen molar-refractivity contribution < 1.29 is 19.2 Å². The van der Waals surface area contributed by atoms with Gasteiger partial charge in [0.15, 0.2) is 0 Å². The summed E-state index contributed by atoms with van der Waals surface area (Å²) in [5, 5.41) is 10.6. The van der Waals surface area contributed by atoms with Crippen molar-refractivity contribution in [3.05, 3.63) is 39.9 Å². The van der Waals surface area contributed by atoms with Gasteiger partial charge in [-0.2, -0.15) is 0 Å². The van der Waals surface area contributed by atoms with Crippen LogP contribution < -0.4 is 0 Å². The van der Waals surface area contributed by atoms with Gasteiger partial charge in [0.25, 0.3) is 5.69 Å². The Morgan fingerprint density at radius 3 is 2.38 bits per heavy atom. The molecule has 21 heavy (non-hydrogen) atoms. The number of carbonyl (C=O) groups is 2. The van der Waals surface area contributed by atoms with Gasteiger partial charge in [-0.3, -0.25) is 19.7 Å². The molecule has 0 aromatic heterocycles. The van der Waals surface area contributed by atoms with Crippen LogP contribution in [0.1, 0.15) is 18.9 Å². The standard InChI is InChI=1S/C14H18N2O5/c1-3-15(9-8-14(18)21-2)13(17)10-11-4-6-12(7-5-11)16(19)20/h4-7H,3,8-10H2,1-2H3. The number of methoxy groups -OCH3 is 1. The zero-order valence-corrected chi connectivity index (χ0v) is 12.1. The number of nitro benzene ring substituents is 1. The minimum Gasteiger partial charge on any atom is -0.469 e. The number of nitrogens with zero attached hydrogens (tertiary/aromatic N) is 2. The molecule has 0 radical (unpaired) electrons. The van der Waals surface area contributed by atoms with E-state index in [0.29, 0.717) is 18.7 Å². The molecule has 0 aliphatic heterocycles. The third kappa shape index (κ3) is 5.21. The van der Waals surface area contributed by atoms with Crippen LogP contribution in [-0.4, -0.2) is 41.9 Å². The summed E-state index contributed by atoms with van der Waals surface area (Å²) in [5.74, 6) is -0.494. The predicted octanol–water partition coefficient (Wildman–Crippen LogP) is 1.55. The van der Waals surface area contributed by atoms with E-state index in [0.717, 1.165) is 0 Å². The molecule has 1 aromatic rings. The van der Waals surface area contributed by atoms with Crippen LogP contribution in [0.25, 0.3) is 0 Å². The molecular weight excluding hydrogens is 276 g/mol. The van der Waals surface area contributed by atoms with E-state index in [1.54, 1.807) is 17.0 Å². The minimum absolute atomic E-state index is 0.00996. The highest BCUT2D eigenvalue weighted by atomic mass is 16.6. The summed E-state index contributed by atoms with van der Waals surface area (Å²) in [5.41, 5.74) is 0.686. The average Bonchev–Trinajstić information content (AvgIpc) is 2.48. The van der Waals surface area contributed by atoms with Crippen LogP contribution in [0.5, 0.6) is 0 Å². The van der Waals surface area contributed by atoms with E-state index in [9.17, 15) is 19.7 Å². The molecule has 0 heterocycles. The van der Waals surface area contributed by atoms with Gasteiger partial charge in [0.2, 0.25) is 5.91 Å². The number of amides is 1. The summed E-state index contributed by atoms with van der Waals surface area (Å²) >= 11 is 0. The lowest BCUT2D eigenvalue weighted by atomic mass is 10.1. The number of likely N-dealkylation sites (N-methyl/N-ethyl adjacent to an activating group) is 1. The Labute approximate surface area is 122 Å². The number of benzene rings is 1. The number of hydrogen-bond acceptors (Lipinski definition) is 5. The lowest BCUT2D eigenvalue weighted by Gasteiger charge is -2.20. The molecule has 7 nitrogen and oxygen atoms in total. The van der Waals surface area contributed by atoms with Crippen LogP contribution in [-0.2, 0) is 20.7 Å². The van der Waals surface area contributed by atoms with E-state index in [1.807, 2.05) is 6.92 Å². The SMILES string of the molecule is CCN(CCC(=O)OC)C(=O)Cc1ccc([N+](=O)[O-])cc1. The molecule has 0 atom stereocenters. The smallest absolute Gasteiger partial charge is 0.307 e. The van der Waals surface area contributed by atoms with E-state index >= 15 is 0 Å². The predicted molar refractivity (Wildman–Crippen MR) is 75.7 cm³/mol. The first-order chi connectivity index (χ1) is 9.97. The summed E-state index contributed by atoms with van der Waals surface area (Å²) in [6.45, 7) is 2.61. The highest BCUT2D eigenvalue weighted by Crippen LogP contribution is 2.13. The molecule has 0 aliphatic carbocycles. The summed E-state index contributed by atoms with van der Waals surface area (Å²) in [4.78, 5) is 34.8. The van der Waals surface area contributed by atoms with Gasteiger partial charge in [0.1, 0.15) is 0 Å². The van der Waals surface area contributed by atoms with Gasteiger partial charge in [-0.1, -0.05) is 12.1 Å². The molecule has 1 amide bonds. The molecule has 0 saturated heterocycles. The molecule has 0 fully saturated rings. The molecule has 0 bridgehead atoms. The highest BCUT2D eigenvalue weighted by molar-refractivity contribution is 5.79. The van der Waals surface area contributed by atoms with Crippen LogP contribution >= 0.6 is 0 Å². The second-order valence-corrected chi connectivity index (χ2v) is 4.40. The van der Waals surface area contributed by atoms with Gasteiger partial charge in [0.05, 0.1) is 24.9 Å². The van der Waals surface area contributed by atoms with Gasteiger partial charge in [0, 0.05) is 25.2 Å². The van der Waals surface area contributed by atoms with Gasteiger partial charge in [-0.25, -0.2) is 0 Å². The fourth-order valence-electron chi connectivity index (χ4n) is 1.81. The summed E-state index contributed by atoms with van der Waals surface area (Å²) in [6.07, 6.45) is 0.295. The summed E-state index contributed by atoms with van der Waals surface area (Å²) in [7, 11) is 1.30. The monoisotopic (exact) mass is 294 g/mol. The Kier molecular flexibility index (Phi) is 6.32. The van der Waals surface area contributed by atoms with Gasteiger partial charge in [-0.05, 0) is 12.5 Å². The molecule has 1 rings (SSSR count). The Bertz CT molecular complexity index is 513. The molecule has 0 saturated carbocycles. The number of carbonyl (C=O) groups excluding carboxylic acids is 2. The van der Waals surface area contributed by atoms with Gasteiger partial charge < -0.3 is 9.64 Å². The van der Waals surface area contributed by atoms with Crippen molar-refractivity contribution in [3.63, 3.8) is 0 Å². The second kappa shape index (κ2) is 7.98. The maximum Gasteiger partial charge on any atom is 0.307 e. The molecule has 1 aromatic carbocycles. The van der Waals surface area contributed by atoms with Gasteiger partial charge >= 0.3 is 5.97 Å². The first-order valence-electron chi connectivity index (χ1n) is 6.55. The van der Waals surface area contributed by atoms with Crippen molar-refractivity contribution in [1.82, 2.24) is 4.90 Å². The minimum atomic E-state index is -0.486. The largest absolute Gasteiger partial charge is 0.469 e. The maximum atomic E-state index is 12.1. The van der Waals surface area contributed by atoms with E-state index in [4.69, 9.17) is 0 Å². The van der Waals surface area contributed by atoms with Crippen molar-refractivity contribution in [2.45, 2.75) is 19.8 Å². The first kappa shape index (κ1) is 16.6. The van der Waals surface area contributed by atoms with Crippen molar-refractivity contribution in [2.24, 2.45) is 0 Å². The van der Waals surface area contributed by atoms with E-state index in [1.165, 1.54) is 19.2 Å². The Morgan fingerprint density at radius 1 is 1.29 bits per heavy atom. The lowest BCUT2D eigenvalue weighted by molar-refractivity contribution is -0.384. The van der Waals surface area contributed by atoms with Crippen LogP contribution in [0.3, 0.4) is 0 Å². The van der Waals surface area contributed by atoms with Crippen molar-refractivity contribution in [1.29, 1.82) is 0 Å².